The maximum absolute atomic E-state index is 11.9. The molecule has 0 aliphatic carbocycles. The minimum absolute atomic E-state index is 0.0640. The summed E-state index contributed by atoms with van der Waals surface area (Å²) in [7, 11) is 0. The van der Waals surface area contributed by atoms with E-state index in [1.807, 2.05) is 11.4 Å². The van der Waals surface area contributed by atoms with Gasteiger partial charge in [0, 0.05) is 26.1 Å². The lowest BCUT2D eigenvalue weighted by Crippen LogP contribution is -2.42. The van der Waals surface area contributed by atoms with Gasteiger partial charge in [-0.1, -0.05) is 6.07 Å². The van der Waals surface area contributed by atoms with Gasteiger partial charge in [-0.25, -0.2) is 0 Å². The number of rotatable bonds is 5. The van der Waals surface area contributed by atoms with Gasteiger partial charge in [-0.2, -0.15) is 0 Å². The van der Waals surface area contributed by atoms with E-state index in [0.717, 1.165) is 19.4 Å². The van der Waals surface area contributed by atoms with Gasteiger partial charge >= 0.3 is 0 Å². The molecule has 1 aromatic heterocycles. The summed E-state index contributed by atoms with van der Waals surface area (Å²) in [5.74, 6) is -0.0185. The SMILES string of the molecule is O=C(NCCCC(=O)N1CCCC(O)C1)c1cccs1. The monoisotopic (exact) mass is 296 g/mol. The van der Waals surface area contributed by atoms with Crippen molar-refractivity contribution in [3.05, 3.63) is 22.4 Å². The first kappa shape index (κ1) is 15.0. The van der Waals surface area contributed by atoms with Gasteiger partial charge in [0.2, 0.25) is 5.91 Å². The van der Waals surface area contributed by atoms with Gasteiger partial charge in [0.15, 0.2) is 0 Å². The molecule has 1 saturated heterocycles. The van der Waals surface area contributed by atoms with E-state index in [2.05, 4.69) is 5.32 Å². The number of carbonyl (C=O) groups is 2. The first-order chi connectivity index (χ1) is 9.66. The van der Waals surface area contributed by atoms with Crippen LogP contribution in [0.1, 0.15) is 35.4 Å². The van der Waals surface area contributed by atoms with Crippen LogP contribution in [0.4, 0.5) is 0 Å². The van der Waals surface area contributed by atoms with Gasteiger partial charge in [0.25, 0.3) is 5.91 Å². The summed E-state index contributed by atoms with van der Waals surface area (Å²) in [5, 5.41) is 14.2. The Balaban J connectivity index is 1.63. The Morgan fingerprint density at radius 2 is 2.35 bits per heavy atom. The zero-order chi connectivity index (χ0) is 14.4. The van der Waals surface area contributed by atoms with E-state index in [-0.39, 0.29) is 17.9 Å². The van der Waals surface area contributed by atoms with Crippen molar-refractivity contribution in [2.75, 3.05) is 19.6 Å². The van der Waals surface area contributed by atoms with Crippen LogP contribution >= 0.6 is 11.3 Å². The van der Waals surface area contributed by atoms with Gasteiger partial charge in [-0.05, 0) is 30.7 Å². The highest BCUT2D eigenvalue weighted by Gasteiger charge is 2.21. The second-order valence-electron chi connectivity index (χ2n) is 4.97. The topological polar surface area (TPSA) is 69.6 Å². The van der Waals surface area contributed by atoms with E-state index >= 15 is 0 Å². The number of hydrogen-bond acceptors (Lipinski definition) is 4. The molecule has 1 atom stereocenters. The Kier molecular flexibility index (Phi) is 5.55. The van der Waals surface area contributed by atoms with Crippen LogP contribution in [0.25, 0.3) is 0 Å². The third kappa shape index (κ3) is 4.31. The molecule has 1 unspecified atom stereocenters. The molecule has 110 valence electrons. The quantitative estimate of drug-likeness (QED) is 0.803. The molecule has 2 amide bonds. The van der Waals surface area contributed by atoms with Crippen LogP contribution in [-0.2, 0) is 4.79 Å². The predicted molar refractivity (Wildman–Crippen MR) is 77.7 cm³/mol. The number of hydrogen-bond donors (Lipinski definition) is 2. The molecule has 0 bridgehead atoms. The lowest BCUT2D eigenvalue weighted by atomic mass is 10.1. The molecule has 1 aromatic rings. The molecule has 1 aliphatic heterocycles. The summed E-state index contributed by atoms with van der Waals surface area (Å²) in [4.78, 5) is 26.0. The second kappa shape index (κ2) is 7.40. The van der Waals surface area contributed by atoms with Crippen molar-refractivity contribution in [1.29, 1.82) is 0 Å². The number of β-amino-alcohol motifs (C(OH)–C–C–N with tert-alkyl or cyclic N) is 1. The summed E-state index contributed by atoms with van der Waals surface area (Å²) >= 11 is 1.40. The summed E-state index contributed by atoms with van der Waals surface area (Å²) in [6.07, 6.45) is 2.30. The van der Waals surface area contributed by atoms with Crippen molar-refractivity contribution in [3.63, 3.8) is 0 Å². The maximum atomic E-state index is 11.9. The van der Waals surface area contributed by atoms with Gasteiger partial charge in [0.05, 0.1) is 11.0 Å². The van der Waals surface area contributed by atoms with Crippen LogP contribution in [0.2, 0.25) is 0 Å². The van der Waals surface area contributed by atoms with E-state index in [1.165, 1.54) is 11.3 Å². The third-order valence-electron chi connectivity index (χ3n) is 3.35. The molecular formula is C14H20N2O3S. The normalized spacial score (nSPS) is 18.9. The Morgan fingerprint density at radius 1 is 1.50 bits per heavy atom. The summed E-state index contributed by atoms with van der Waals surface area (Å²) < 4.78 is 0. The van der Waals surface area contributed by atoms with Crippen molar-refractivity contribution in [2.45, 2.75) is 31.8 Å². The molecule has 0 saturated carbocycles. The third-order valence-corrected chi connectivity index (χ3v) is 4.22. The first-order valence-corrected chi connectivity index (χ1v) is 7.82. The van der Waals surface area contributed by atoms with Crippen molar-refractivity contribution in [3.8, 4) is 0 Å². The number of amides is 2. The lowest BCUT2D eigenvalue weighted by Gasteiger charge is -2.30. The van der Waals surface area contributed by atoms with Crippen LogP contribution in [-0.4, -0.2) is 47.6 Å². The molecular weight excluding hydrogens is 276 g/mol. The van der Waals surface area contributed by atoms with E-state index in [9.17, 15) is 14.7 Å². The fourth-order valence-electron chi connectivity index (χ4n) is 2.28. The van der Waals surface area contributed by atoms with Crippen LogP contribution < -0.4 is 5.32 Å². The Labute approximate surface area is 122 Å². The largest absolute Gasteiger partial charge is 0.391 e. The highest BCUT2D eigenvalue weighted by Crippen LogP contribution is 2.11. The predicted octanol–water partition coefficient (Wildman–Crippen LogP) is 1.24. The average Bonchev–Trinajstić information content (AvgIpc) is 2.97. The molecule has 1 aliphatic rings. The van der Waals surface area contributed by atoms with Crippen molar-refractivity contribution >= 4 is 23.2 Å². The number of nitrogens with zero attached hydrogens (tertiary/aromatic N) is 1. The van der Waals surface area contributed by atoms with Gasteiger partial charge < -0.3 is 15.3 Å². The maximum Gasteiger partial charge on any atom is 0.261 e. The van der Waals surface area contributed by atoms with E-state index in [4.69, 9.17) is 0 Å². The van der Waals surface area contributed by atoms with E-state index in [1.54, 1.807) is 11.0 Å². The number of likely N-dealkylation sites (tertiary alicyclic amines) is 1. The number of piperidine rings is 1. The van der Waals surface area contributed by atoms with Crippen LogP contribution in [0, 0.1) is 0 Å². The number of aliphatic hydroxyl groups is 1. The average molecular weight is 296 g/mol. The lowest BCUT2D eigenvalue weighted by molar-refractivity contribution is -0.134. The first-order valence-electron chi connectivity index (χ1n) is 6.94. The van der Waals surface area contributed by atoms with E-state index < -0.39 is 0 Å². The molecule has 2 heterocycles. The second-order valence-corrected chi connectivity index (χ2v) is 5.92. The van der Waals surface area contributed by atoms with E-state index in [0.29, 0.717) is 30.8 Å². The smallest absolute Gasteiger partial charge is 0.261 e. The fourth-order valence-corrected chi connectivity index (χ4v) is 2.92. The van der Waals surface area contributed by atoms with Crippen molar-refractivity contribution < 1.29 is 14.7 Å². The summed E-state index contributed by atoms with van der Waals surface area (Å²) in [6.45, 7) is 1.68. The van der Waals surface area contributed by atoms with Crippen molar-refractivity contribution in [1.82, 2.24) is 10.2 Å². The zero-order valence-electron chi connectivity index (χ0n) is 11.4. The molecule has 0 spiro atoms. The fraction of sp³-hybridized carbons (Fsp3) is 0.571. The van der Waals surface area contributed by atoms with Crippen LogP contribution in [0.5, 0.6) is 0 Å². The molecule has 6 heteroatoms. The number of carbonyl (C=O) groups excluding carboxylic acids is 2. The van der Waals surface area contributed by atoms with Crippen molar-refractivity contribution in [2.24, 2.45) is 0 Å². The Bertz CT molecular complexity index is 447. The number of aliphatic hydroxyl groups excluding tert-OH is 1. The van der Waals surface area contributed by atoms with Crippen LogP contribution in [0.3, 0.4) is 0 Å². The Hall–Kier alpha value is -1.40. The molecule has 20 heavy (non-hydrogen) atoms. The van der Waals surface area contributed by atoms with Gasteiger partial charge in [-0.15, -0.1) is 11.3 Å². The highest BCUT2D eigenvalue weighted by molar-refractivity contribution is 7.12. The summed E-state index contributed by atoms with van der Waals surface area (Å²) in [6, 6.07) is 3.62. The molecule has 0 radical (unpaired) electrons. The number of thiophene rings is 1. The van der Waals surface area contributed by atoms with Gasteiger partial charge in [0.1, 0.15) is 0 Å². The molecule has 1 fully saturated rings. The molecule has 2 rings (SSSR count). The molecule has 2 N–H and O–H groups in total. The molecule has 0 aromatic carbocycles. The van der Waals surface area contributed by atoms with Gasteiger partial charge in [-0.3, -0.25) is 9.59 Å². The molecule has 5 nitrogen and oxygen atoms in total. The standard InChI is InChI=1S/C14H20N2O3S/c17-11-4-2-8-16(10-11)13(18)6-1-7-15-14(19)12-5-3-9-20-12/h3,5,9,11,17H,1-2,4,6-8,10H2,(H,15,19). The minimum Gasteiger partial charge on any atom is -0.391 e. The van der Waals surface area contributed by atoms with Crippen LogP contribution in [0.15, 0.2) is 17.5 Å². The Morgan fingerprint density at radius 3 is 3.05 bits per heavy atom. The minimum atomic E-state index is -0.383. The highest BCUT2D eigenvalue weighted by atomic mass is 32.1. The summed E-state index contributed by atoms with van der Waals surface area (Å²) in [5.41, 5.74) is 0. The zero-order valence-corrected chi connectivity index (χ0v) is 12.2. The number of nitrogens with one attached hydrogen (secondary N) is 1.